The van der Waals surface area contributed by atoms with E-state index in [1.54, 1.807) is 0 Å². The van der Waals surface area contributed by atoms with Crippen molar-refractivity contribution in [3.8, 4) is 5.75 Å². The zero-order valence-electron chi connectivity index (χ0n) is 8.51. The van der Waals surface area contributed by atoms with Crippen LogP contribution >= 0.6 is 31.9 Å². The zero-order chi connectivity index (χ0) is 10.9. The molecular weight excluding hydrogens is 322 g/mol. The first-order valence-electron chi connectivity index (χ1n) is 4.98. The van der Waals surface area contributed by atoms with Crippen LogP contribution in [0.1, 0.15) is 6.42 Å². The molecule has 0 saturated carbocycles. The van der Waals surface area contributed by atoms with E-state index in [-0.39, 0.29) is 0 Å². The van der Waals surface area contributed by atoms with Crippen LogP contribution in [0.2, 0.25) is 0 Å². The van der Waals surface area contributed by atoms with Crippen LogP contribution in [0, 0.1) is 0 Å². The maximum Gasteiger partial charge on any atom is 0.119 e. The SMILES string of the molecule is BrCCCNCCOc1ccc(Br)cc1. The highest BCUT2D eigenvalue weighted by Crippen LogP contribution is 2.15. The van der Waals surface area contributed by atoms with E-state index in [0.717, 1.165) is 35.1 Å². The van der Waals surface area contributed by atoms with Gasteiger partial charge in [-0.15, -0.1) is 0 Å². The molecule has 0 amide bonds. The molecule has 0 aliphatic heterocycles. The van der Waals surface area contributed by atoms with E-state index >= 15 is 0 Å². The minimum atomic E-state index is 0.712. The average Bonchev–Trinajstić information content (AvgIpc) is 2.26. The predicted molar refractivity (Wildman–Crippen MR) is 70.9 cm³/mol. The molecule has 0 spiro atoms. The first-order valence-corrected chi connectivity index (χ1v) is 6.89. The molecule has 0 unspecified atom stereocenters. The van der Waals surface area contributed by atoms with E-state index in [2.05, 4.69) is 37.2 Å². The van der Waals surface area contributed by atoms with Crippen LogP contribution in [0.15, 0.2) is 28.7 Å². The van der Waals surface area contributed by atoms with Gasteiger partial charge in [0.25, 0.3) is 0 Å². The second-order valence-electron chi connectivity index (χ2n) is 3.09. The number of halogens is 2. The van der Waals surface area contributed by atoms with Gasteiger partial charge < -0.3 is 10.1 Å². The summed E-state index contributed by atoms with van der Waals surface area (Å²) in [7, 11) is 0. The summed E-state index contributed by atoms with van der Waals surface area (Å²) in [6.07, 6.45) is 1.15. The Morgan fingerprint density at radius 1 is 1.13 bits per heavy atom. The van der Waals surface area contributed by atoms with Gasteiger partial charge in [-0.1, -0.05) is 31.9 Å². The molecular formula is C11H15Br2NO. The van der Waals surface area contributed by atoms with Crippen LogP contribution in [-0.4, -0.2) is 25.0 Å². The van der Waals surface area contributed by atoms with E-state index in [9.17, 15) is 0 Å². The molecule has 0 aromatic heterocycles. The Bertz CT molecular complexity index is 264. The summed E-state index contributed by atoms with van der Waals surface area (Å²) in [5.41, 5.74) is 0. The molecule has 0 saturated heterocycles. The van der Waals surface area contributed by atoms with Crippen LogP contribution in [0.5, 0.6) is 5.75 Å². The lowest BCUT2D eigenvalue weighted by molar-refractivity contribution is 0.314. The fourth-order valence-corrected chi connectivity index (χ4v) is 1.63. The summed E-state index contributed by atoms with van der Waals surface area (Å²) in [6.45, 7) is 2.64. The summed E-state index contributed by atoms with van der Waals surface area (Å²) in [6, 6.07) is 7.88. The van der Waals surface area contributed by atoms with Gasteiger partial charge >= 0.3 is 0 Å². The Labute approximate surface area is 108 Å². The summed E-state index contributed by atoms with van der Waals surface area (Å²) in [5.74, 6) is 0.917. The molecule has 0 aliphatic carbocycles. The van der Waals surface area contributed by atoms with Crippen molar-refractivity contribution in [2.24, 2.45) is 0 Å². The Kier molecular flexibility index (Phi) is 7.05. The highest BCUT2D eigenvalue weighted by Gasteiger charge is 1.93. The molecule has 4 heteroatoms. The van der Waals surface area contributed by atoms with E-state index in [4.69, 9.17) is 4.74 Å². The van der Waals surface area contributed by atoms with Crippen LogP contribution in [0.25, 0.3) is 0 Å². The fourth-order valence-electron chi connectivity index (χ4n) is 1.09. The third-order valence-electron chi connectivity index (χ3n) is 1.85. The highest BCUT2D eigenvalue weighted by molar-refractivity contribution is 9.10. The molecule has 2 nitrogen and oxygen atoms in total. The third kappa shape index (κ3) is 6.17. The molecule has 1 rings (SSSR count). The summed E-state index contributed by atoms with van der Waals surface area (Å²) < 4.78 is 6.62. The number of alkyl halides is 1. The maximum atomic E-state index is 5.55. The van der Waals surface area contributed by atoms with Crippen molar-refractivity contribution < 1.29 is 4.74 Å². The van der Waals surface area contributed by atoms with E-state index < -0.39 is 0 Å². The summed E-state index contributed by atoms with van der Waals surface area (Å²) >= 11 is 6.77. The van der Waals surface area contributed by atoms with Crippen molar-refractivity contribution in [3.05, 3.63) is 28.7 Å². The normalized spacial score (nSPS) is 10.3. The van der Waals surface area contributed by atoms with Gasteiger partial charge in [-0.2, -0.15) is 0 Å². The maximum absolute atomic E-state index is 5.55. The molecule has 1 aromatic rings. The van der Waals surface area contributed by atoms with Crippen molar-refractivity contribution in [1.82, 2.24) is 5.32 Å². The zero-order valence-corrected chi connectivity index (χ0v) is 11.7. The lowest BCUT2D eigenvalue weighted by atomic mass is 10.3. The van der Waals surface area contributed by atoms with Crippen LogP contribution in [0.4, 0.5) is 0 Å². The van der Waals surface area contributed by atoms with Gasteiger partial charge in [-0.05, 0) is 37.2 Å². The van der Waals surface area contributed by atoms with E-state index in [0.29, 0.717) is 6.61 Å². The van der Waals surface area contributed by atoms with Gasteiger partial charge in [0.1, 0.15) is 12.4 Å². The quantitative estimate of drug-likeness (QED) is 0.610. The van der Waals surface area contributed by atoms with Gasteiger partial charge in [-0.25, -0.2) is 0 Å². The fraction of sp³-hybridized carbons (Fsp3) is 0.455. The number of nitrogens with one attached hydrogen (secondary N) is 1. The summed E-state index contributed by atoms with van der Waals surface area (Å²) in [4.78, 5) is 0. The second kappa shape index (κ2) is 8.13. The number of rotatable bonds is 7. The number of hydrogen-bond acceptors (Lipinski definition) is 2. The highest BCUT2D eigenvalue weighted by atomic mass is 79.9. The van der Waals surface area contributed by atoms with Gasteiger partial charge in [0.05, 0.1) is 0 Å². The molecule has 15 heavy (non-hydrogen) atoms. The smallest absolute Gasteiger partial charge is 0.119 e. The Morgan fingerprint density at radius 2 is 1.87 bits per heavy atom. The van der Waals surface area contributed by atoms with Crippen LogP contribution < -0.4 is 10.1 Å². The molecule has 1 N–H and O–H groups in total. The first kappa shape index (κ1) is 13.0. The molecule has 0 bridgehead atoms. The molecule has 0 aliphatic rings. The second-order valence-corrected chi connectivity index (χ2v) is 4.80. The average molecular weight is 337 g/mol. The largest absolute Gasteiger partial charge is 0.492 e. The standard InChI is InChI=1S/C11H15Br2NO/c12-6-1-7-14-8-9-15-11-4-2-10(13)3-5-11/h2-5,14H,1,6-9H2. The molecule has 1 aromatic carbocycles. The Hall–Kier alpha value is -0.0600. The molecule has 0 fully saturated rings. The molecule has 84 valence electrons. The van der Waals surface area contributed by atoms with Crippen molar-refractivity contribution in [1.29, 1.82) is 0 Å². The number of ether oxygens (including phenoxy) is 1. The third-order valence-corrected chi connectivity index (χ3v) is 2.94. The van der Waals surface area contributed by atoms with E-state index in [1.807, 2.05) is 24.3 Å². The van der Waals surface area contributed by atoms with Crippen LogP contribution in [0.3, 0.4) is 0 Å². The van der Waals surface area contributed by atoms with Crippen molar-refractivity contribution in [3.63, 3.8) is 0 Å². The monoisotopic (exact) mass is 335 g/mol. The Morgan fingerprint density at radius 3 is 2.53 bits per heavy atom. The number of hydrogen-bond donors (Lipinski definition) is 1. The Balaban J connectivity index is 2.07. The van der Waals surface area contributed by atoms with Crippen LogP contribution in [-0.2, 0) is 0 Å². The predicted octanol–water partition coefficient (Wildman–Crippen LogP) is 3.20. The lowest BCUT2D eigenvalue weighted by Gasteiger charge is -2.06. The van der Waals surface area contributed by atoms with E-state index in [1.165, 1.54) is 0 Å². The first-order chi connectivity index (χ1) is 7.33. The van der Waals surface area contributed by atoms with Gasteiger partial charge in [0.15, 0.2) is 0 Å². The van der Waals surface area contributed by atoms with Crippen molar-refractivity contribution in [2.75, 3.05) is 25.0 Å². The minimum Gasteiger partial charge on any atom is -0.492 e. The van der Waals surface area contributed by atoms with Gasteiger partial charge in [0, 0.05) is 16.3 Å². The molecule has 0 heterocycles. The lowest BCUT2D eigenvalue weighted by Crippen LogP contribution is -2.22. The molecule has 0 radical (unpaired) electrons. The molecule has 0 atom stereocenters. The minimum absolute atomic E-state index is 0.712. The van der Waals surface area contributed by atoms with Gasteiger partial charge in [-0.3, -0.25) is 0 Å². The van der Waals surface area contributed by atoms with Crippen molar-refractivity contribution >= 4 is 31.9 Å². The summed E-state index contributed by atoms with van der Waals surface area (Å²) in [5, 5.41) is 4.35. The van der Waals surface area contributed by atoms with Gasteiger partial charge in [0.2, 0.25) is 0 Å². The van der Waals surface area contributed by atoms with Crippen molar-refractivity contribution in [2.45, 2.75) is 6.42 Å². The topological polar surface area (TPSA) is 21.3 Å². The number of benzene rings is 1.